The van der Waals surface area contributed by atoms with Gasteiger partial charge in [0.2, 0.25) is 0 Å². The van der Waals surface area contributed by atoms with Crippen LogP contribution in [0.2, 0.25) is 5.22 Å². The quantitative estimate of drug-likeness (QED) is 0.845. The standard InChI is InChI=1S/C16H16ClNO3/c1-20-13-6-2-11(3-7-13)10-18(12-4-5-12)16(19)14-8-9-15(17)21-14/h2-3,6-9,12H,4-5,10H2,1H3. The van der Waals surface area contributed by atoms with Gasteiger partial charge in [-0.1, -0.05) is 12.1 Å². The number of furan rings is 1. The second kappa shape index (κ2) is 5.82. The van der Waals surface area contributed by atoms with E-state index in [1.54, 1.807) is 19.2 Å². The summed E-state index contributed by atoms with van der Waals surface area (Å²) in [5.74, 6) is 0.987. The van der Waals surface area contributed by atoms with Crippen LogP contribution in [0.15, 0.2) is 40.8 Å². The summed E-state index contributed by atoms with van der Waals surface area (Å²) >= 11 is 5.75. The van der Waals surface area contributed by atoms with Crippen LogP contribution in [0.25, 0.3) is 0 Å². The number of carbonyl (C=O) groups is 1. The zero-order valence-corrected chi connectivity index (χ0v) is 12.5. The molecule has 0 atom stereocenters. The van der Waals surface area contributed by atoms with E-state index in [2.05, 4.69) is 0 Å². The highest BCUT2D eigenvalue weighted by molar-refractivity contribution is 6.29. The summed E-state index contributed by atoms with van der Waals surface area (Å²) < 4.78 is 10.4. The first-order chi connectivity index (χ1) is 10.2. The van der Waals surface area contributed by atoms with Crippen molar-refractivity contribution in [2.75, 3.05) is 7.11 Å². The van der Waals surface area contributed by atoms with E-state index in [0.29, 0.717) is 18.3 Å². The Hall–Kier alpha value is -1.94. The number of methoxy groups -OCH3 is 1. The fourth-order valence-corrected chi connectivity index (χ4v) is 2.40. The number of hydrogen-bond donors (Lipinski definition) is 0. The van der Waals surface area contributed by atoms with Crippen molar-refractivity contribution in [3.63, 3.8) is 0 Å². The molecule has 21 heavy (non-hydrogen) atoms. The number of rotatable bonds is 5. The molecule has 0 aliphatic heterocycles. The molecule has 5 heteroatoms. The molecular weight excluding hydrogens is 290 g/mol. The van der Waals surface area contributed by atoms with Crippen molar-refractivity contribution < 1.29 is 13.9 Å². The third-order valence-corrected chi connectivity index (χ3v) is 3.75. The molecule has 1 aliphatic rings. The summed E-state index contributed by atoms with van der Waals surface area (Å²) in [4.78, 5) is 14.4. The van der Waals surface area contributed by atoms with Crippen molar-refractivity contribution in [2.24, 2.45) is 0 Å². The Balaban J connectivity index is 1.76. The van der Waals surface area contributed by atoms with E-state index < -0.39 is 0 Å². The second-order valence-electron chi connectivity index (χ2n) is 5.12. The number of amides is 1. The van der Waals surface area contributed by atoms with Crippen molar-refractivity contribution in [1.82, 2.24) is 4.90 Å². The number of nitrogens with zero attached hydrogens (tertiary/aromatic N) is 1. The van der Waals surface area contributed by atoms with Gasteiger partial charge in [0.1, 0.15) is 5.75 Å². The molecule has 0 spiro atoms. The van der Waals surface area contributed by atoms with Crippen LogP contribution in [0.1, 0.15) is 29.0 Å². The predicted molar refractivity (Wildman–Crippen MR) is 79.6 cm³/mol. The topological polar surface area (TPSA) is 42.7 Å². The van der Waals surface area contributed by atoms with Gasteiger partial charge < -0.3 is 14.1 Å². The number of ether oxygens (including phenoxy) is 1. The van der Waals surface area contributed by atoms with Crippen molar-refractivity contribution in [3.05, 3.63) is 52.9 Å². The minimum Gasteiger partial charge on any atom is -0.497 e. The van der Waals surface area contributed by atoms with E-state index in [-0.39, 0.29) is 11.1 Å². The molecule has 0 N–H and O–H groups in total. The number of benzene rings is 1. The summed E-state index contributed by atoms with van der Waals surface area (Å²) in [5.41, 5.74) is 1.06. The molecule has 1 aromatic heterocycles. The van der Waals surface area contributed by atoms with Crippen LogP contribution >= 0.6 is 11.6 Å². The molecule has 1 aromatic carbocycles. The summed E-state index contributed by atoms with van der Waals surface area (Å²) in [5, 5.41) is 0.235. The lowest BCUT2D eigenvalue weighted by atomic mass is 10.2. The average molecular weight is 306 g/mol. The molecule has 1 aliphatic carbocycles. The molecular formula is C16H16ClNO3. The molecule has 0 unspecified atom stereocenters. The van der Waals surface area contributed by atoms with Gasteiger partial charge in [-0.05, 0) is 54.3 Å². The molecule has 110 valence electrons. The summed E-state index contributed by atoms with van der Waals surface area (Å²) in [6.45, 7) is 0.561. The molecule has 2 aromatic rings. The molecule has 1 amide bonds. The predicted octanol–water partition coefficient (Wildman–Crippen LogP) is 3.75. The maximum absolute atomic E-state index is 12.5. The average Bonchev–Trinajstić information content (AvgIpc) is 3.26. The summed E-state index contributed by atoms with van der Waals surface area (Å²) in [7, 11) is 1.63. The first-order valence-corrected chi connectivity index (χ1v) is 7.24. The molecule has 4 nitrogen and oxygen atoms in total. The SMILES string of the molecule is COc1ccc(CN(C(=O)c2ccc(Cl)o2)C2CC2)cc1. The number of carbonyl (C=O) groups excluding carboxylic acids is 1. The van der Waals surface area contributed by atoms with Gasteiger partial charge in [-0.2, -0.15) is 0 Å². The zero-order chi connectivity index (χ0) is 14.8. The lowest BCUT2D eigenvalue weighted by Crippen LogP contribution is -2.32. The Labute approximate surface area is 128 Å². The lowest BCUT2D eigenvalue weighted by molar-refractivity contribution is 0.0697. The second-order valence-corrected chi connectivity index (χ2v) is 5.49. The van der Waals surface area contributed by atoms with Crippen LogP contribution in [0.5, 0.6) is 5.75 Å². The molecule has 0 radical (unpaired) electrons. The van der Waals surface area contributed by atoms with Gasteiger partial charge in [-0.25, -0.2) is 0 Å². The molecule has 0 saturated heterocycles. The summed E-state index contributed by atoms with van der Waals surface area (Å²) in [6.07, 6.45) is 2.08. The Morgan fingerprint density at radius 3 is 2.52 bits per heavy atom. The van der Waals surface area contributed by atoms with Crippen LogP contribution < -0.4 is 4.74 Å². The molecule has 1 heterocycles. The van der Waals surface area contributed by atoms with E-state index in [1.165, 1.54) is 0 Å². The highest BCUT2D eigenvalue weighted by Gasteiger charge is 2.34. The number of halogens is 1. The Kier molecular flexibility index (Phi) is 3.88. The largest absolute Gasteiger partial charge is 0.497 e. The first kappa shape index (κ1) is 14.0. The van der Waals surface area contributed by atoms with E-state index >= 15 is 0 Å². The van der Waals surface area contributed by atoms with Gasteiger partial charge in [0.15, 0.2) is 11.0 Å². The number of hydrogen-bond acceptors (Lipinski definition) is 3. The fraction of sp³-hybridized carbons (Fsp3) is 0.312. The zero-order valence-electron chi connectivity index (χ0n) is 11.7. The third-order valence-electron chi connectivity index (χ3n) is 3.54. The molecule has 1 fully saturated rings. The first-order valence-electron chi connectivity index (χ1n) is 6.86. The van der Waals surface area contributed by atoms with Crippen LogP contribution in [0, 0.1) is 0 Å². The minimum atomic E-state index is -0.111. The maximum atomic E-state index is 12.5. The highest BCUT2D eigenvalue weighted by Crippen LogP contribution is 2.30. The third kappa shape index (κ3) is 3.22. The molecule has 0 bridgehead atoms. The van der Waals surface area contributed by atoms with E-state index in [1.807, 2.05) is 29.2 Å². The molecule has 1 saturated carbocycles. The van der Waals surface area contributed by atoms with Gasteiger partial charge in [0.25, 0.3) is 5.91 Å². The van der Waals surface area contributed by atoms with Gasteiger partial charge in [-0.3, -0.25) is 4.79 Å². The monoisotopic (exact) mass is 305 g/mol. The maximum Gasteiger partial charge on any atom is 0.290 e. The van der Waals surface area contributed by atoms with Crippen LogP contribution in [-0.4, -0.2) is 24.0 Å². The van der Waals surface area contributed by atoms with Gasteiger partial charge in [-0.15, -0.1) is 0 Å². The molecule has 3 rings (SSSR count). The van der Waals surface area contributed by atoms with Gasteiger partial charge in [0, 0.05) is 12.6 Å². The summed E-state index contributed by atoms with van der Waals surface area (Å²) in [6, 6.07) is 11.2. The van der Waals surface area contributed by atoms with E-state index in [4.69, 9.17) is 20.8 Å². The van der Waals surface area contributed by atoms with Gasteiger partial charge >= 0.3 is 0 Å². The van der Waals surface area contributed by atoms with Crippen LogP contribution in [0.3, 0.4) is 0 Å². The Morgan fingerprint density at radius 1 is 1.29 bits per heavy atom. The van der Waals surface area contributed by atoms with E-state index in [9.17, 15) is 4.79 Å². The fourth-order valence-electron chi connectivity index (χ4n) is 2.25. The Morgan fingerprint density at radius 2 is 2.00 bits per heavy atom. The van der Waals surface area contributed by atoms with Crippen molar-refractivity contribution in [1.29, 1.82) is 0 Å². The van der Waals surface area contributed by atoms with Crippen LogP contribution in [0.4, 0.5) is 0 Å². The van der Waals surface area contributed by atoms with Gasteiger partial charge in [0.05, 0.1) is 7.11 Å². The Bertz CT molecular complexity index is 631. The lowest BCUT2D eigenvalue weighted by Gasteiger charge is -2.21. The van der Waals surface area contributed by atoms with Crippen LogP contribution in [-0.2, 0) is 6.54 Å². The minimum absolute atomic E-state index is 0.111. The normalized spacial score (nSPS) is 14.0. The van der Waals surface area contributed by atoms with E-state index in [0.717, 1.165) is 24.2 Å². The smallest absolute Gasteiger partial charge is 0.290 e. The van der Waals surface area contributed by atoms with Crippen molar-refractivity contribution in [3.8, 4) is 5.75 Å². The van der Waals surface area contributed by atoms with Crippen molar-refractivity contribution in [2.45, 2.75) is 25.4 Å². The van der Waals surface area contributed by atoms with Crippen molar-refractivity contribution >= 4 is 17.5 Å². The highest BCUT2D eigenvalue weighted by atomic mass is 35.5.